The maximum Gasteiger partial charge on any atom is 0.172 e. The molecule has 1 saturated heterocycles. The summed E-state index contributed by atoms with van der Waals surface area (Å²) in [4.78, 5) is 12.8. The van der Waals surface area contributed by atoms with Gasteiger partial charge in [0.25, 0.3) is 0 Å². The van der Waals surface area contributed by atoms with Crippen LogP contribution in [-0.4, -0.2) is 18.9 Å². The lowest BCUT2D eigenvalue weighted by Gasteiger charge is -2.36. The molecule has 2 nitrogen and oxygen atoms in total. The molecule has 0 atom stereocenters. The van der Waals surface area contributed by atoms with Crippen LogP contribution in [0.2, 0.25) is 0 Å². The number of hydrogen-bond acceptors (Lipinski definition) is 2. The number of rotatable bonds is 4. The molecule has 0 aromatic heterocycles. The molecule has 0 unspecified atom stereocenters. The van der Waals surface area contributed by atoms with Crippen LogP contribution < -0.4 is 5.32 Å². The molecule has 1 aromatic carbocycles. The van der Waals surface area contributed by atoms with Gasteiger partial charge in [-0.1, -0.05) is 29.3 Å². The van der Waals surface area contributed by atoms with E-state index in [1.54, 1.807) is 12.1 Å². The molecule has 1 aliphatic heterocycles. The molecule has 1 fully saturated rings. The molecule has 19 heavy (non-hydrogen) atoms. The fourth-order valence-corrected chi connectivity index (χ4v) is 3.29. The molecule has 1 aromatic rings. The third-order valence-corrected chi connectivity index (χ3v) is 4.44. The number of carbonyl (C=O) groups is 1. The van der Waals surface area contributed by atoms with Gasteiger partial charge in [0.1, 0.15) is 5.82 Å². The summed E-state index contributed by atoms with van der Waals surface area (Å²) < 4.78 is 14.7. The second-order valence-corrected chi connectivity index (χ2v) is 6.15. The highest BCUT2D eigenvalue weighted by Gasteiger charge is 2.39. The van der Waals surface area contributed by atoms with Gasteiger partial charge in [0, 0.05) is 9.89 Å². The molecule has 0 radical (unpaired) electrons. The van der Waals surface area contributed by atoms with E-state index in [4.69, 9.17) is 0 Å². The number of ketones is 1. The topological polar surface area (TPSA) is 29.1 Å². The van der Waals surface area contributed by atoms with Crippen molar-refractivity contribution in [1.29, 1.82) is 0 Å². The van der Waals surface area contributed by atoms with Crippen molar-refractivity contribution in [3.8, 4) is 0 Å². The van der Waals surface area contributed by atoms with Crippen LogP contribution in [0.5, 0.6) is 0 Å². The Kier molecular flexibility index (Phi) is 4.74. The highest BCUT2D eigenvalue weighted by atomic mass is 79.9. The van der Waals surface area contributed by atoms with Crippen molar-refractivity contribution in [2.45, 2.75) is 32.6 Å². The molecule has 1 N–H and O–H groups in total. The Morgan fingerprint density at radius 2 is 2.11 bits per heavy atom. The predicted molar refractivity (Wildman–Crippen MR) is 77.9 cm³/mol. The van der Waals surface area contributed by atoms with Crippen LogP contribution >= 0.6 is 15.9 Å². The van der Waals surface area contributed by atoms with Crippen LogP contribution in [0.3, 0.4) is 0 Å². The van der Waals surface area contributed by atoms with E-state index >= 15 is 0 Å². The zero-order chi connectivity index (χ0) is 13.9. The van der Waals surface area contributed by atoms with Gasteiger partial charge in [-0.2, -0.15) is 0 Å². The van der Waals surface area contributed by atoms with E-state index < -0.39 is 5.82 Å². The lowest BCUT2D eigenvalue weighted by atomic mass is 9.70. The second-order valence-electron chi connectivity index (χ2n) is 5.23. The van der Waals surface area contributed by atoms with Crippen LogP contribution in [-0.2, 0) is 0 Å². The summed E-state index contributed by atoms with van der Waals surface area (Å²) in [5, 5.41) is 3.28. The summed E-state index contributed by atoms with van der Waals surface area (Å²) in [7, 11) is 0. The average Bonchev–Trinajstić information content (AvgIpc) is 2.42. The SMILES string of the molecule is CCCC1(C(=O)c2cc(Br)ccc2F)CCNCC1. The molecule has 2 rings (SSSR count). The molecular weight excluding hydrogens is 309 g/mol. The van der Waals surface area contributed by atoms with E-state index in [9.17, 15) is 9.18 Å². The minimum absolute atomic E-state index is 0.0327. The summed E-state index contributed by atoms with van der Waals surface area (Å²) in [6.07, 6.45) is 3.37. The number of hydrogen-bond donors (Lipinski definition) is 1. The van der Waals surface area contributed by atoms with Gasteiger partial charge in [0.15, 0.2) is 5.78 Å². The smallest absolute Gasteiger partial charge is 0.172 e. The molecule has 1 aliphatic rings. The first-order chi connectivity index (χ1) is 9.09. The molecule has 0 aliphatic carbocycles. The van der Waals surface area contributed by atoms with Crippen molar-refractivity contribution in [3.05, 3.63) is 34.1 Å². The van der Waals surface area contributed by atoms with E-state index in [0.717, 1.165) is 43.2 Å². The van der Waals surface area contributed by atoms with E-state index in [1.807, 2.05) is 0 Å². The zero-order valence-electron chi connectivity index (χ0n) is 11.1. The molecule has 1 heterocycles. The van der Waals surface area contributed by atoms with Gasteiger partial charge in [-0.3, -0.25) is 4.79 Å². The first-order valence-corrected chi connectivity index (χ1v) is 7.59. The second kappa shape index (κ2) is 6.14. The lowest BCUT2D eigenvalue weighted by Crippen LogP contribution is -2.42. The van der Waals surface area contributed by atoms with Crippen molar-refractivity contribution in [2.75, 3.05) is 13.1 Å². The van der Waals surface area contributed by atoms with Crippen molar-refractivity contribution in [2.24, 2.45) is 5.41 Å². The van der Waals surface area contributed by atoms with Crippen molar-refractivity contribution >= 4 is 21.7 Å². The predicted octanol–water partition coefficient (Wildman–Crippen LogP) is 3.94. The maximum atomic E-state index is 13.9. The molecule has 0 amide bonds. The van der Waals surface area contributed by atoms with Crippen LogP contribution in [0, 0.1) is 11.2 Å². The summed E-state index contributed by atoms with van der Waals surface area (Å²) >= 11 is 3.31. The monoisotopic (exact) mass is 327 g/mol. The van der Waals surface area contributed by atoms with Gasteiger partial charge >= 0.3 is 0 Å². The molecular formula is C15H19BrFNO. The minimum atomic E-state index is -0.415. The number of benzene rings is 1. The van der Waals surface area contributed by atoms with Crippen molar-refractivity contribution in [1.82, 2.24) is 5.32 Å². The fraction of sp³-hybridized carbons (Fsp3) is 0.533. The van der Waals surface area contributed by atoms with Crippen LogP contribution in [0.25, 0.3) is 0 Å². The molecule has 4 heteroatoms. The quantitative estimate of drug-likeness (QED) is 0.848. The molecule has 0 bridgehead atoms. The summed E-state index contributed by atoms with van der Waals surface area (Å²) in [5.41, 5.74) is -0.161. The highest BCUT2D eigenvalue weighted by molar-refractivity contribution is 9.10. The number of carbonyl (C=O) groups excluding carboxylic acids is 1. The average molecular weight is 328 g/mol. The van der Waals surface area contributed by atoms with E-state index in [1.165, 1.54) is 6.07 Å². The first kappa shape index (κ1) is 14.7. The maximum absolute atomic E-state index is 13.9. The zero-order valence-corrected chi connectivity index (χ0v) is 12.7. The van der Waals surface area contributed by atoms with Gasteiger partial charge < -0.3 is 5.32 Å². The van der Waals surface area contributed by atoms with Gasteiger partial charge in [0.05, 0.1) is 5.56 Å². The van der Waals surface area contributed by atoms with E-state index in [2.05, 4.69) is 28.2 Å². The summed E-state index contributed by atoms with van der Waals surface area (Å²) in [6, 6.07) is 4.59. The van der Waals surface area contributed by atoms with Crippen LogP contribution in [0.15, 0.2) is 22.7 Å². The Morgan fingerprint density at radius 3 is 2.74 bits per heavy atom. The Bertz CT molecular complexity index is 464. The number of halogens is 2. The Hall–Kier alpha value is -0.740. The fourth-order valence-electron chi connectivity index (χ4n) is 2.93. The Balaban J connectivity index is 2.36. The normalized spacial score (nSPS) is 18.3. The van der Waals surface area contributed by atoms with Crippen LogP contribution in [0.1, 0.15) is 43.0 Å². The van der Waals surface area contributed by atoms with Gasteiger partial charge in [0.2, 0.25) is 0 Å². The first-order valence-electron chi connectivity index (χ1n) is 6.79. The van der Waals surface area contributed by atoms with Gasteiger partial charge in [-0.25, -0.2) is 4.39 Å². The summed E-state index contributed by atoms with van der Waals surface area (Å²) in [5.74, 6) is -0.447. The number of Topliss-reactive ketones (excluding diaryl/α,β-unsaturated/α-hetero) is 1. The third-order valence-electron chi connectivity index (χ3n) is 3.94. The number of piperidine rings is 1. The lowest BCUT2D eigenvalue weighted by molar-refractivity contribution is 0.0699. The minimum Gasteiger partial charge on any atom is -0.317 e. The summed E-state index contributed by atoms with van der Waals surface area (Å²) in [6.45, 7) is 3.75. The number of nitrogens with one attached hydrogen (secondary N) is 1. The highest BCUT2D eigenvalue weighted by Crippen LogP contribution is 2.38. The largest absolute Gasteiger partial charge is 0.317 e. The van der Waals surface area contributed by atoms with E-state index in [-0.39, 0.29) is 16.8 Å². The standard InChI is InChI=1S/C15H19BrFNO/c1-2-5-15(6-8-18-9-7-15)14(19)12-10-11(16)3-4-13(12)17/h3-4,10,18H,2,5-9H2,1H3. The Morgan fingerprint density at radius 1 is 1.42 bits per heavy atom. The Labute approximate surface area is 121 Å². The third kappa shape index (κ3) is 3.06. The van der Waals surface area contributed by atoms with Crippen molar-refractivity contribution in [3.63, 3.8) is 0 Å². The molecule has 0 saturated carbocycles. The molecule has 0 spiro atoms. The van der Waals surface area contributed by atoms with Gasteiger partial charge in [-0.15, -0.1) is 0 Å². The van der Waals surface area contributed by atoms with E-state index in [0.29, 0.717) is 0 Å². The van der Waals surface area contributed by atoms with Crippen molar-refractivity contribution < 1.29 is 9.18 Å². The van der Waals surface area contributed by atoms with Crippen LogP contribution in [0.4, 0.5) is 4.39 Å². The molecule has 104 valence electrons. The van der Waals surface area contributed by atoms with Gasteiger partial charge in [-0.05, 0) is 50.6 Å².